The molecule has 7 nitrogen and oxygen atoms in total. The zero-order chi connectivity index (χ0) is 22.5. The van der Waals surface area contributed by atoms with Gasteiger partial charge in [-0.25, -0.2) is 4.98 Å². The number of nitrogens with one attached hydrogen (secondary N) is 1. The molecule has 1 fully saturated rings. The summed E-state index contributed by atoms with van der Waals surface area (Å²) in [7, 11) is 0. The third kappa shape index (κ3) is 5.29. The van der Waals surface area contributed by atoms with Crippen molar-refractivity contribution in [2.75, 3.05) is 37.6 Å². The van der Waals surface area contributed by atoms with Gasteiger partial charge in [0.05, 0.1) is 12.7 Å². The van der Waals surface area contributed by atoms with Crippen LogP contribution in [0.2, 0.25) is 0 Å². The number of furan rings is 1. The van der Waals surface area contributed by atoms with Crippen LogP contribution in [-0.2, 0) is 11.3 Å². The van der Waals surface area contributed by atoms with Crippen molar-refractivity contribution >= 4 is 22.7 Å². The molecule has 0 spiro atoms. The average molecular weight is 437 g/mol. The van der Waals surface area contributed by atoms with Crippen molar-refractivity contribution in [3.8, 4) is 0 Å². The lowest BCUT2D eigenvalue weighted by Gasteiger charge is -2.36. The van der Waals surface area contributed by atoms with Gasteiger partial charge in [-0.3, -0.25) is 9.69 Å². The van der Waals surface area contributed by atoms with Crippen LogP contribution >= 0.6 is 0 Å². The number of carbonyl (C=O) groups is 1. The molecule has 1 amide bonds. The summed E-state index contributed by atoms with van der Waals surface area (Å²) in [5.41, 5.74) is 1.52. The second-order valence-electron chi connectivity index (χ2n) is 8.62. The van der Waals surface area contributed by atoms with Gasteiger partial charge < -0.3 is 19.4 Å². The summed E-state index contributed by atoms with van der Waals surface area (Å²) in [4.78, 5) is 22.2. The fourth-order valence-electron chi connectivity index (χ4n) is 4.10. The van der Waals surface area contributed by atoms with E-state index in [1.807, 2.05) is 69.4 Å². The number of nitrogens with zero attached hydrogens (tertiary/aromatic N) is 3. The third-order valence-corrected chi connectivity index (χ3v) is 5.72. The van der Waals surface area contributed by atoms with E-state index in [2.05, 4.69) is 20.1 Å². The highest BCUT2D eigenvalue weighted by atomic mass is 16.5. The van der Waals surface area contributed by atoms with E-state index >= 15 is 0 Å². The monoisotopic (exact) mass is 436 g/mol. The minimum Gasteiger partial charge on any atom is -0.451 e. The maximum Gasteiger partial charge on any atom is 0.287 e. The molecule has 1 aromatic carbocycles. The lowest BCUT2D eigenvalue weighted by atomic mass is 10.1. The Morgan fingerprint density at radius 1 is 1.09 bits per heavy atom. The van der Waals surface area contributed by atoms with Crippen LogP contribution in [0.25, 0.3) is 11.0 Å². The number of hydrogen-bond donors (Lipinski definition) is 1. The molecular formula is C25H32N4O3. The molecule has 0 radical (unpaired) electrons. The number of benzene rings is 1. The Morgan fingerprint density at radius 3 is 2.56 bits per heavy atom. The highest BCUT2D eigenvalue weighted by Gasteiger charge is 2.24. The second kappa shape index (κ2) is 10.1. The number of hydrogen-bond acceptors (Lipinski definition) is 6. The Labute approximate surface area is 189 Å². The number of piperazine rings is 1. The van der Waals surface area contributed by atoms with E-state index in [9.17, 15) is 4.79 Å². The Balaban J connectivity index is 1.36. The zero-order valence-corrected chi connectivity index (χ0v) is 19.1. The lowest BCUT2D eigenvalue weighted by Crippen LogP contribution is -2.51. The molecule has 1 atom stereocenters. The van der Waals surface area contributed by atoms with E-state index in [-0.39, 0.29) is 18.1 Å². The molecule has 3 aromatic rings. The van der Waals surface area contributed by atoms with Crippen LogP contribution in [0.4, 0.5) is 5.82 Å². The summed E-state index contributed by atoms with van der Waals surface area (Å²) in [5, 5.41) is 4.05. The van der Waals surface area contributed by atoms with E-state index in [1.54, 1.807) is 0 Å². The van der Waals surface area contributed by atoms with Crippen LogP contribution < -0.4 is 10.2 Å². The first kappa shape index (κ1) is 22.3. The van der Waals surface area contributed by atoms with Crippen molar-refractivity contribution in [3.05, 3.63) is 60.0 Å². The number of carbonyl (C=O) groups excluding carboxylic acids is 1. The number of para-hydroxylation sites is 1. The Kier molecular flexibility index (Phi) is 7.07. The van der Waals surface area contributed by atoms with Crippen molar-refractivity contribution in [2.45, 2.75) is 39.5 Å². The van der Waals surface area contributed by atoms with Crippen LogP contribution in [0.15, 0.2) is 53.1 Å². The van der Waals surface area contributed by atoms with Gasteiger partial charge in [-0.1, -0.05) is 24.3 Å². The van der Waals surface area contributed by atoms with Gasteiger partial charge in [0.15, 0.2) is 5.76 Å². The summed E-state index contributed by atoms with van der Waals surface area (Å²) >= 11 is 0. The molecule has 170 valence electrons. The van der Waals surface area contributed by atoms with Crippen LogP contribution in [0.3, 0.4) is 0 Å². The van der Waals surface area contributed by atoms with Crippen molar-refractivity contribution in [1.82, 2.24) is 15.2 Å². The van der Waals surface area contributed by atoms with Gasteiger partial charge in [-0.15, -0.1) is 0 Å². The predicted octanol–water partition coefficient (Wildman–Crippen LogP) is 3.69. The Morgan fingerprint density at radius 2 is 1.84 bits per heavy atom. The predicted molar refractivity (Wildman–Crippen MR) is 126 cm³/mol. The number of pyridine rings is 1. The van der Waals surface area contributed by atoms with Crippen molar-refractivity contribution in [1.29, 1.82) is 0 Å². The molecule has 32 heavy (non-hydrogen) atoms. The average Bonchev–Trinajstić information content (AvgIpc) is 3.17. The van der Waals surface area contributed by atoms with Crippen molar-refractivity contribution in [3.63, 3.8) is 0 Å². The van der Waals surface area contributed by atoms with Gasteiger partial charge in [-0.05, 0) is 39.0 Å². The van der Waals surface area contributed by atoms with E-state index in [1.165, 1.54) is 0 Å². The minimum atomic E-state index is -0.192. The first-order chi connectivity index (χ1) is 15.5. The number of ether oxygens (including phenoxy) is 1. The van der Waals surface area contributed by atoms with E-state index in [4.69, 9.17) is 9.15 Å². The van der Waals surface area contributed by atoms with Crippen LogP contribution in [0, 0.1) is 0 Å². The summed E-state index contributed by atoms with van der Waals surface area (Å²) in [6, 6.07) is 13.7. The molecule has 0 aliphatic carbocycles. The van der Waals surface area contributed by atoms with E-state index in [0.717, 1.165) is 49.5 Å². The minimum absolute atomic E-state index is 0.00372. The smallest absolute Gasteiger partial charge is 0.287 e. The van der Waals surface area contributed by atoms with Gasteiger partial charge >= 0.3 is 0 Å². The number of anilines is 1. The summed E-state index contributed by atoms with van der Waals surface area (Å²) in [5.74, 6) is 1.18. The lowest BCUT2D eigenvalue weighted by molar-refractivity contribution is 0.0642. The molecule has 1 saturated heterocycles. The molecular weight excluding hydrogens is 404 g/mol. The second-order valence-corrected chi connectivity index (χ2v) is 8.62. The number of rotatable bonds is 8. The van der Waals surface area contributed by atoms with Gasteiger partial charge in [0.1, 0.15) is 11.4 Å². The van der Waals surface area contributed by atoms with Crippen LogP contribution in [0.1, 0.15) is 36.9 Å². The van der Waals surface area contributed by atoms with Gasteiger partial charge in [0.25, 0.3) is 5.91 Å². The number of fused-ring (bicyclic) bond motifs is 1. The largest absolute Gasteiger partial charge is 0.451 e. The van der Waals surface area contributed by atoms with Crippen molar-refractivity contribution < 1.29 is 13.9 Å². The Hall–Kier alpha value is -2.90. The quantitative estimate of drug-likeness (QED) is 0.581. The molecule has 0 saturated carbocycles. The third-order valence-electron chi connectivity index (χ3n) is 5.72. The van der Waals surface area contributed by atoms with E-state index in [0.29, 0.717) is 18.0 Å². The molecule has 3 heterocycles. The molecule has 2 aromatic heterocycles. The fourth-order valence-corrected chi connectivity index (χ4v) is 4.10. The normalized spacial score (nSPS) is 15.9. The van der Waals surface area contributed by atoms with Gasteiger partial charge in [0, 0.05) is 55.9 Å². The van der Waals surface area contributed by atoms with Gasteiger partial charge in [0.2, 0.25) is 0 Å². The first-order valence-corrected chi connectivity index (χ1v) is 11.3. The maximum absolute atomic E-state index is 13.1. The summed E-state index contributed by atoms with van der Waals surface area (Å²) < 4.78 is 11.7. The SMILES string of the molecule is CC(CN1CCN(c2ccccn2)CC1)NC(=O)c1oc2ccccc2c1COC(C)C. The van der Waals surface area contributed by atoms with Crippen LogP contribution in [-0.4, -0.2) is 60.7 Å². The van der Waals surface area contributed by atoms with Crippen molar-refractivity contribution in [2.24, 2.45) is 0 Å². The zero-order valence-electron chi connectivity index (χ0n) is 19.1. The summed E-state index contributed by atoms with van der Waals surface area (Å²) in [6.45, 7) is 10.9. The molecule has 7 heteroatoms. The molecule has 1 N–H and O–H groups in total. The molecule has 0 bridgehead atoms. The standard InChI is InChI=1S/C25H32N4O3/c1-18(2)31-17-21-20-8-4-5-9-22(20)32-24(21)25(30)27-19(3)16-28-12-14-29(15-13-28)23-10-6-7-11-26-23/h4-11,18-19H,12-17H2,1-3H3,(H,27,30). The topological polar surface area (TPSA) is 70.8 Å². The fraction of sp³-hybridized carbons (Fsp3) is 0.440. The number of aromatic nitrogens is 1. The molecule has 4 rings (SSSR count). The van der Waals surface area contributed by atoms with Crippen LogP contribution in [0.5, 0.6) is 0 Å². The molecule has 1 aliphatic rings. The molecule has 1 unspecified atom stereocenters. The number of amides is 1. The van der Waals surface area contributed by atoms with Gasteiger partial charge in [-0.2, -0.15) is 0 Å². The van der Waals surface area contributed by atoms with E-state index < -0.39 is 0 Å². The first-order valence-electron chi connectivity index (χ1n) is 11.3. The Bertz CT molecular complexity index is 1030. The highest BCUT2D eigenvalue weighted by molar-refractivity contribution is 5.99. The summed E-state index contributed by atoms with van der Waals surface area (Å²) in [6.07, 6.45) is 1.90. The maximum atomic E-state index is 13.1. The highest BCUT2D eigenvalue weighted by Crippen LogP contribution is 2.27. The molecule has 1 aliphatic heterocycles.